The van der Waals surface area contributed by atoms with Crippen LogP contribution in [-0.2, 0) is 20.9 Å². The van der Waals surface area contributed by atoms with Crippen molar-refractivity contribution in [3.05, 3.63) is 42.5 Å². The molecule has 8 heteroatoms. The third-order valence-corrected chi connectivity index (χ3v) is 2.42. The number of nitrogens with one attached hydrogen (secondary N) is 1. The van der Waals surface area contributed by atoms with Gasteiger partial charge in [0.2, 0.25) is 0 Å². The molecule has 0 saturated carbocycles. The van der Waals surface area contributed by atoms with Crippen molar-refractivity contribution in [1.29, 1.82) is 0 Å². The maximum atomic E-state index is 12.9. The van der Waals surface area contributed by atoms with Crippen molar-refractivity contribution in [2.45, 2.75) is 6.54 Å². The fourth-order valence-corrected chi connectivity index (χ4v) is 1.55. The molecule has 3 N–H and O–H groups in total. The van der Waals surface area contributed by atoms with Gasteiger partial charge in [-0.15, -0.1) is 0 Å². The SMILES string of the molecule is Nc1cnn(CC(=O)OCC(=O)Nc2cccc(F)c2)c1. The van der Waals surface area contributed by atoms with Crippen molar-refractivity contribution >= 4 is 23.3 Å². The van der Waals surface area contributed by atoms with Crippen LogP contribution in [0.15, 0.2) is 36.7 Å². The quantitative estimate of drug-likeness (QED) is 0.794. The largest absolute Gasteiger partial charge is 0.454 e. The first-order valence-corrected chi connectivity index (χ1v) is 6.02. The summed E-state index contributed by atoms with van der Waals surface area (Å²) in [5.41, 5.74) is 6.16. The van der Waals surface area contributed by atoms with Gasteiger partial charge in [-0.2, -0.15) is 5.10 Å². The number of aromatic nitrogens is 2. The zero-order valence-electron chi connectivity index (χ0n) is 11.0. The van der Waals surface area contributed by atoms with Gasteiger partial charge in [0.1, 0.15) is 12.4 Å². The normalized spacial score (nSPS) is 10.1. The first-order valence-electron chi connectivity index (χ1n) is 6.02. The van der Waals surface area contributed by atoms with Crippen LogP contribution >= 0.6 is 0 Å². The highest BCUT2D eigenvalue weighted by molar-refractivity contribution is 5.92. The van der Waals surface area contributed by atoms with Crippen LogP contribution in [0.1, 0.15) is 0 Å². The molecule has 21 heavy (non-hydrogen) atoms. The predicted molar refractivity (Wildman–Crippen MR) is 72.6 cm³/mol. The molecule has 1 amide bonds. The molecule has 1 heterocycles. The molecule has 0 atom stereocenters. The molecule has 1 aromatic carbocycles. The third kappa shape index (κ3) is 4.60. The second kappa shape index (κ2) is 6.51. The van der Waals surface area contributed by atoms with Gasteiger partial charge in [0.05, 0.1) is 11.9 Å². The highest BCUT2D eigenvalue weighted by Crippen LogP contribution is 2.08. The molecule has 0 unspecified atom stereocenters. The van der Waals surface area contributed by atoms with Crippen LogP contribution in [0.3, 0.4) is 0 Å². The van der Waals surface area contributed by atoms with Crippen LogP contribution in [0.5, 0.6) is 0 Å². The summed E-state index contributed by atoms with van der Waals surface area (Å²) < 4.78 is 19.0. The molecule has 0 aliphatic heterocycles. The molecule has 2 rings (SSSR count). The smallest absolute Gasteiger partial charge is 0.328 e. The lowest BCUT2D eigenvalue weighted by atomic mass is 10.3. The summed E-state index contributed by atoms with van der Waals surface area (Å²) in [6.45, 7) is -0.615. The average Bonchev–Trinajstić information content (AvgIpc) is 2.82. The molecule has 0 spiro atoms. The van der Waals surface area contributed by atoms with E-state index >= 15 is 0 Å². The van der Waals surface area contributed by atoms with Gasteiger partial charge in [0.15, 0.2) is 6.61 Å². The second-order valence-corrected chi connectivity index (χ2v) is 4.19. The lowest BCUT2D eigenvalue weighted by Crippen LogP contribution is -2.23. The van der Waals surface area contributed by atoms with Crippen LogP contribution in [0.4, 0.5) is 15.8 Å². The van der Waals surface area contributed by atoms with Crippen molar-refractivity contribution in [1.82, 2.24) is 9.78 Å². The molecule has 0 aliphatic carbocycles. The number of benzene rings is 1. The van der Waals surface area contributed by atoms with E-state index in [9.17, 15) is 14.0 Å². The molecule has 7 nitrogen and oxygen atoms in total. The van der Waals surface area contributed by atoms with Gasteiger partial charge in [-0.1, -0.05) is 6.07 Å². The summed E-state index contributed by atoms with van der Waals surface area (Å²) >= 11 is 0. The summed E-state index contributed by atoms with van der Waals surface area (Å²) in [5.74, 6) is -1.66. The number of esters is 1. The Morgan fingerprint density at radius 2 is 2.24 bits per heavy atom. The van der Waals surface area contributed by atoms with Gasteiger partial charge >= 0.3 is 5.97 Å². The number of nitrogens with zero attached hydrogens (tertiary/aromatic N) is 2. The number of carbonyl (C=O) groups is 2. The number of ether oxygens (including phenoxy) is 1. The van der Waals surface area contributed by atoms with E-state index in [4.69, 9.17) is 10.5 Å². The number of hydrogen-bond donors (Lipinski definition) is 2. The lowest BCUT2D eigenvalue weighted by Gasteiger charge is -2.06. The first kappa shape index (κ1) is 14.5. The highest BCUT2D eigenvalue weighted by atomic mass is 19.1. The standard InChI is InChI=1S/C13H13FN4O3/c14-9-2-1-3-11(4-9)17-12(19)8-21-13(20)7-18-6-10(15)5-16-18/h1-6H,7-8,15H2,(H,17,19). The van der Waals surface area contributed by atoms with E-state index in [1.807, 2.05) is 0 Å². The lowest BCUT2D eigenvalue weighted by molar-refractivity contribution is -0.148. The minimum atomic E-state index is -0.632. The van der Waals surface area contributed by atoms with Crippen LogP contribution in [0.25, 0.3) is 0 Å². The number of rotatable bonds is 5. The Kier molecular flexibility index (Phi) is 4.50. The van der Waals surface area contributed by atoms with Gasteiger partial charge in [0.25, 0.3) is 5.91 Å². The minimum absolute atomic E-state index is 0.148. The minimum Gasteiger partial charge on any atom is -0.454 e. The maximum absolute atomic E-state index is 12.9. The number of anilines is 2. The van der Waals surface area contributed by atoms with Crippen molar-refractivity contribution in [3.63, 3.8) is 0 Å². The number of nitrogen functional groups attached to an aromatic ring is 1. The molecular formula is C13H13FN4O3. The Bertz CT molecular complexity index is 656. The number of nitrogens with two attached hydrogens (primary N) is 1. The molecule has 1 aromatic heterocycles. The number of hydrogen-bond acceptors (Lipinski definition) is 5. The monoisotopic (exact) mass is 292 g/mol. The van der Waals surface area contributed by atoms with Crippen LogP contribution in [0, 0.1) is 5.82 Å². The molecule has 0 saturated heterocycles. The summed E-state index contributed by atoms with van der Waals surface area (Å²) in [5, 5.41) is 6.22. The Hall–Kier alpha value is -2.90. The summed E-state index contributed by atoms with van der Waals surface area (Å²) in [6.07, 6.45) is 2.86. The van der Waals surface area contributed by atoms with Gasteiger partial charge in [-0.05, 0) is 18.2 Å². The third-order valence-electron chi connectivity index (χ3n) is 2.42. The van der Waals surface area contributed by atoms with E-state index in [0.29, 0.717) is 5.69 Å². The zero-order valence-corrected chi connectivity index (χ0v) is 11.0. The Balaban J connectivity index is 1.77. The topological polar surface area (TPSA) is 99.2 Å². The van der Waals surface area contributed by atoms with E-state index in [1.54, 1.807) is 0 Å². The molecule has 0 fully saturated rings. The maximum Gasteiger partial charge on any atom is 0.328 e. The Morgan fingerprint density at radius 3 is 2.90 bits per heavy atom. The molecule has 110 valence electrons. The van der Waals surface area contributed by atoms with E-state index in [2.05, 4.69) is 10.4 Å². The van der Waals surface area contributed by atoms with Crippen LogP contribution in [-0.4, -0.2) is 28.3 Å². The number of halogens is 1. The van der Waals surface area contributed by atoms with Gasteiger partial charge in [-0.25, -0.2) is 4.39 Å². The van der Waals surface area contributed by atoms with Gasteiger partial charge < -0.3 is 15.8 Å². The summed E-state index contributed by atoms with van der Waals surface area (Å²) in [7, 11) is 0. The van der Waals surface area contributed by atoms with Crippen molar-refractivity contribution in [2.75, 3.05) is 17.7 Å². The number of amides is 1. The first-order chi connectivity index (χ1) is 10.0. The van der Waals surface area contributed by atoms with Crippen molar-refractivity contribution in [2.24, 2.45) is 0 Å². The number of carbonyl (C=O) groups excluding carboxylic acids is 2. The van der Waals surface area contributed by atoms with Gasteiger partial charge in [-0.3, -0.25) is 14.3 Å². The molecular weight excluding hydrogens is 279 g/mol. The Labute approximate surface area is 119 Å². The van der Waals surface area contributed by atoms with E-state index in [-0.39, 0.29) is 12.2 Å². The van der Waals surface area contributed by atoms with E-state index in [1.165, 1.54) is 35.3 Å². The average molecular weight is 292 g/mol. The molecule has 0 aliphatic rings. The van der Waals surface area contributed by atoms with E-state index < -0.39 is 24.3 Å². The molecule has 0 radical (unpaired) electrons. The predicted octanol–water partition coefficient (Wildman–Crippen LogP) is 0.786. The van der Waals surface area contributed by atoms with Crippen LogP contribution in [0.2, 0.25) is 0 Å². The Morgan fingerprint density at radius 1 is 1.43 bits per heavy atom. The summed E-state index contributed by atoms with van der Waals surface area (Å²) in [6, 6.07) is 5.39. The second-order valence-electron chi connectivity index (χ2n) is 4.19. The van der Waals surface area contributed by atoms with E-state index in [0.717, 1.165) is 6.07 Å². The summed E-state index contributed by atoms with van der Waals surface area (Å²) in [4.78, 5) is 23.0. The fourth-order valence-electron chi connectivity index (χ4n) is 1.55. The van der Waals surface area contributed by atoms with Gasteiger partial charge in [0, 0.05) is 11.9 Å². The highest BCUT2D eigenvalue weighted by Gasteiger charge is 2.09. The van der Waals surface area contributed by atoms with Crippen molar-refractivity contribution < 1.29 is 18.7 Å². The fraction of sp³-hybridized carbons (Fsp3) is 0.154. The van der Waals surface area contributed by atoms with Crippen molar-refractivity contribution in [3.8, 4) is 0 Å². The van der Waals surface area contributed by atoms with Crippen LogP contribution < -0.4 is 11.1 Å². The zero-order chi connectivity index (χ0) is 15.2. The molecule has 0 bridgehead atoms. The molecule has 2 aromatic rings.